The van der Waals surface area contributed by atoms with Crippen LogP contribution in [0.2, 0.25) is 5.02 Å². The Bertz CT molecular complexity index is 922. The Labute approximate surface area is 148 Å². The van der Waals surface area contributed by atoms with Crippen LogP contribution in [-0.4, -0.2) is 10.8 Å². The fourth-order valence-electron chi connectivity index (χ4n) is 2.29. The minimum atomic E-state index is -0.528. The van der Waals surface area contributed by atoms with Gasteiger partial charge in [0.05, 0.1) is 9.95 Å². The molecule has 7 heteroatoms. The smallest absolute Gasteiger partial charge is 0.287 e. The first kappa shape index (κ1) is 16.7. The lowest BCUT2D eigenvalue weighted by molar-refractivity contribution is -0.384. The average molecular weight is 357 g/mol. The predicted molar refractivity (Wildman–Crippen MR) is 93.4 cm³/mol. The molecule has 0 saturated carbocycles. The molecule has 1 amide bonds. The molecule has 1 aromatic heterocycles. The van der Waals surface area contributed by atoms with Crippen LogP contribution in [0.15, 0.2) is 65.1 Å². The second-order valence-electron chi connectivity index (χ2n) is 5.25. The summed E-state index contributed by atoms with van der Waals surface area (Å²) < 4.78 is 5.53. The van der Waals surface area contributed by atoms with Crippen molar-refractivity contribution in [2.24, 2.45) is 0 Å². The number of nitro groups is 1. The fourth-order valence-corrected chi connectivity index (χ4v) is 2.56. The van der Waals surface area contributed by atoms with Crippen LogP contribution in [0.1, 0.15) is 16.1 Å². The van der Waals surface area contributed by atoms with Crippen molar-refractivity contribution in [3.63, 3.8) is 0 Å². The molecule has 25 heavy (non-hydrogen) atoms. The molecule has 0 fully saturated rings. The van der Waals surface area contributed by atoms with Gasteiger partial charge in [-0.3, -0.25) is 14.9 Å². The molecule has 0 aliphatic rings. The van der Waals surface area contributed by atoms with E-state index in [1.165, 1.54) is 24.3 Å². The Balaban J connectivity index is 1.74. The SMILES string of the molecule is O=C(NCc1ccccc1)c1ccc(-c2ccc([N+](=O)[O-])cc2Cl)o1. The molecule has 0 aliphatic carbocycles. The van der Waals surface area contributed by atoms with Crippen LogP contribution in [0, 0.1) is 10.1 Å². The highest BCUT2D eigenvalue weighted by Crippen LogP contribution is 2.32. The first-order valence-corrected chi connectivity index (χ1v) is 7.78. The monoisotopic (exact) mass is 356 g/mol. The summed E-state index contributed by atoms with van der Waals surface area (Å²) in [6.45, 7) is 0.383. The lowest BCUT2D eigenvalue weighted by Crippen LogP contribution is -2.22. The Hall–Kier alpha value is -3.12. The quantitative estimate of drug-likeness (QED) is 0.541. The highest BCUT2D eigenvalue weighted by Gasteiger charge is 2.16. The van der Waals surface area contributed by atoms with Crippen molar-refractivity contribution in [1.29, 1.82) is 0 Å². The maximum Gasteiger partial charge on any atom is 0.287 e. The Morgan fingerprint density at radius 1 is 1.12 bits per heavy atom. The molecule has 1 N–H and O–H groups in total. The van der Waals surface area contributed by atoms with E-state index in [1.54, 1.807) is 6.07 Å². The van der Waals surface area contributed by atoms with Gasteiger partial charge in [0.25, 0.3) is 11.6 Å². The molecule has 0 radical (unpaired) electrons. The molecule has 1 heterocycles. The standard InChI is InChI=1S/C18H13ClN2O4/c19-15-10-13(21(23)24)6-7-14(15)16-8-9-17(25-16)18(22)20-11-12-4-2-1-3-5-12/h1-10H,11H2,(H,20,22). The number of nitro benzene ring substituents is 1. The van der Waals surface area contributed by atoms with E-state index in [2.05, 4.69) is 5.32 Å². The molecule has 3 aromatic rings. The van der Waals surface area contributed by atoms with E-state index in [4.69, 9.17) is 16.0 Å². The minimum absolute atomic E-state index is 0.110. The third-order valence-electron chi connectivity index (χ3n) is 3.55. The van der Waals surface area contributed by atoms with Crippen molar-refractivity contribution >= 4 is 23.2 Å². The number of carbonyl (C=O) groups is 1. The number of nitrogens with zero attached hydrogens (tertiary/aromatic N) is 1. The summed E-state index contributed by atoms with van der Waals surface area (Å²) in [7, 11) is 0. The van der Waals surface area contributed by atoms with Crippen LogP contribution < -0.4 is 5.32 Å². The van der Waals surface area contributed by atoms with Gasteiger partial charge in [0.2, 0.25) is 0 Å². The number of halogens is 1. The molecular formula is C18H13ClN2O4. The number of benzene rings is 2. The molecule has 6 nitrogen and oxygen atoms in total. The fraction of sp³-hybridized carbons (Fsp3) is 0.0556. The number of rotatable bonds is 5. The molecule has 2 aromatic carbocycles. The summed E-state index contributed by atoms with van der Waals surface area (Å²) in [4.78, 5) is 22.4. The minimum Gasteiger partial charge on any atom is -0.451 e. The molecule has 0 atom stereocenters. The lowest BCUT2D eigenvalue weighted by Gasteiger charge is -2.03. The molecular weight excluding hydrogens is 344 g/mol. The zero-order valence-corrected chi connectivity index (χ0v) is 13.7. The van der Waals surface area contributed by atoms with E-state index in [0.29, 0.717) is 17.9 Å². The molecule has 0 unspecified atom stereocenters. The van der Waals surface area contributed by atoms with Gasteiger partial charge in [0.1, 0.15) is 5.76 Å². The average Bonchev–Trinajstić information content (AvgIpc) is 3.10. The van der Waals surface area contributed by atoms with Gasteiger partial charge >= 0.3 is 0 Å². The predicted octanol–water partition coefficient (Wildman–Crippen LogP) is 4.44. The van der Waals surface area contributed by atoms with E-state index in [1.807, 2.05) is 30.3 Å². The van der Waals surface area contributed by atoms with Crippen LogP contribution in [0.3, 0.4) is 0 Å². The Morgan fingerprint density at radius 3 is 2.56 bits per heavy atom. The van der Waals surface area contributed by atoms with E-state index < -0.39 is 4.92 Å². The van der Waals surface area contributed by atoms with Crippen molar-refractivity contribution in [2.75, 3.05) is 0 Å². The first-order chi connectivity index (χ1) is 12.0. The van der Waals surface area contributed by atoms with Crippen molar-refractivity contribution in [1.82, 2.24) is 5.32 Å². The van der Waals surface area contributed by atoms with Crippen LogP contribution >= 0.6 is 11.6 Å². The largest absolute Gasteiger partial charge is 0.451 e. The summed E-state index contributed by atoms with van der Waals surface area (Å²) in [6, 6.07) is 16.7. The van der Waals surface area contributed by atoms with Gasteiger partial charge < -0.3 is 9.73 Å². The van der Waals surface area contributed by atoms with Gasteiger partial charge in [-0.15, -0.1) is 0 Å². The van der Waals surface area contributed by atoms with Crippen LogP contribution in [0.25, 0.3) is 11.3 Å². The van der Waals surface area contributed by atoms with Crippen LogP contribution in [-0.2, 0) is 6.54 Å². The summed E-state index contributed by atoms with van der Waals surface area (Å²) in [5, 5.41) is 13.7. The van der Waals surface area contributed by atoms with E-state index in [0.717, 1.165) is 5.56 Å². The maximum absolute atomic E-state index is 12.2. The number of furan rings is 1. The third-order valence-corrected chi connectivity index (χ3v) is 3.87. The van der Waals surface area contributed by atoms with Gasteiger partial charge in [-0.2, -0.15) is 0 Å². The van der Waals surface area contributed by atoms with Crippen molar-refractivity contribution in [3.8, 4) is 11.3 Å². The molecule has 3 rings (SSSR count). The summed E-state index contributed by atoms with van der Waals surface area (Å²) in [6.07, 6.45) is 0. The van der Waals surface area contributed by atoms with Crippen molar-refractivity contribution in [2.45, 2.75) is 6.54 Å². The molecule has 0 aliphatic heterocycles. The summed E-state index contributed by atoms with van der Waals surface area (Å²) in [5.41, 5.74) is 1.34. The number of hydrogen-bond acceptors (Lipinski definition) is 4. The summed E-state index contributed by atoms with van der Waals surface area (Å²) in [5.74, 6) is 0.151. The second-order valence-corrected chi connectivity index (χ2v) is 5.66. The maximum atomic E-state index is 12.2. The zero-order chi connectivity index (χ0) is 17.8. The summed E-state index contributed by atoms with van der Waals surface area (Å²) >= 11 is 6.07. The van der Waals surface area contributed by atoms with Crippen LogP contribution in [0.4, 0.5) is 5.69 Å². The number of non-ortho nitro benzene ring substituents is 1. The third kappa shape index (κ3) is 3.87. The topological polar surface area (TPSA) is 85.4 Å². The van der Waals surface area contributed by atoms with Crippen molar-refractivity contribution < 1.29 is 14.1 Å². The highest BCUT2D eigenvalue weighted by molar-refractivity contribution is 6.33. The molecule has 0 bridgehead atoms. The normalized spacial score (nSPS) is 10.4. The Kier molecular flexibility index (Phi) is 4.81. The van der Waals surface area contributed by atoms with Crippen LogP contribution in [0.5, 0.6) is 0 Å². The second kappa shape index (κ2) is 7.19. The van der Waals surface area contributed by atoms with Crippen molar-refractivity contribution in [3.05, 3.63) is 87.1 Å². The molecule has 126 valence electrons. The van der Waals surface area contributed by atoms with Gasteiger partial charge in [-0.05, 0) is 23.8 Å². The van der Waals surface area contributed by atoms with Gasteiger partial charge in [-0.1, -0.05) is 41.9 Å². The van der Waals surface area contributed by atoms with E-state index >= 15 is 0 Å². The molecule has 0 saturated heterocycles. The number of amides is 1. The highest BCUT2D eigenvalue weighted by atomic mass is 35.5. The number of hydrogen-bond donors (Lipinski definition) is 1. The zero-order valence-electron chi connectivity index (χ0n) is 12.9. The van der Waals surface area contributed by atoms with E-state index in [-0.39, 0.29) is 22.4 Å². The van der Waals surface area contributed by atoms with Gasteiger partial charge in [0.15, 0.2) is 5.76 Å². The lowest BCUT2D eigenvalue weighted by atomic mass is 10.1. The van der Waals surface area contributed by atoms with Gasteiger partial charge in [-0.25, -0.2) is 0 Å². The number of nitrogens with one attached hydrogen (secondary N) is 1. The molecule has 0 spiro atoms. The van der Waals surface area contributed by atoms with Gasteiger partial charge in [0, 0.05) is 24.2 Å². The first-order valence-electron chi connectivity index (χ1n) is 7.41. The Morgan fingerprint density at radius 2 is 1.88 bits per heavy atom. The van der Waals surface area contributed by atoms with E-state index in [9.17, 15) is 14.9 Å². The number of carbonyl (C=O) groups excluding carboxylic acids is 1.